The van der Waals surface area contributed by atoms with Crippen LogP contribution in [0.5, 0.6) is 11.5 Å². The Labute approximate surface area is 181 Å². The number of hydrogen-bond donors (Lipinski definition) is 2. The molecule has 170 valence electrons. The third-order valence-corrected chi connectivity index (χ3v) is 7.12. The van der Waals surface area contributed by atoms with Gasteiger partial charge in [0.05, 0.1) is 19.5 Å². The molecule has 0 atom stereocenters. The standard InChI is InChI=1S/C21H36N4O4S/c1-5-29-20-16-17(9-10-19(20)28-4)8-7-13-23-21(22-3)24-18-11-14-25(15-12-18)30(26,27)6-2/h9-10,16,18H,5-8,11-15H2,1-4H3,(H2,22,23,24). The number of methoxy groups -OCH3 is 1. The smallest absolute Gasteiger partial charge is 0.213 e. The van der Waals surface area contributed by atoms with Crippen molar-refractivity contribution < 1.29 is 17.9 Å². The van der Waals surface area contributed by atoms with Crippen LogP contribution in [-0.4, -0.2) is 70.9 Å². The molecule has 0 spiro atoms. The van der Waals surface area contributed by atoms with Crippen LogP contribution in [-0.2, 0) is 16.4 Å². The second-order valence-corrected chi connectivity index (χ2v) is 9.50. The fourth-order valence-electron chi connectivity index (χ4n) is 3.49. The molecule has 0 radical (unpaired) electrons. The van der Waals surface area contributed by atoms with E-state index in [-0.39, 0.29) is 11.8 Å². The monoisotopic (exact) mass is 440 g/mol. The predicted octanol–water partition coefficient (Wildman–Crippen LogP) is 2.01. The van der Waals surface area contributed by atoms with Crippen molar-refractivity contribution in [1.29, 1.82) is 0 Å². The Kier molecular flexibility index (Phi) is 9.71. The van der Waals surface area contributed by atoms with Crippen molar-refractivity contribution in [2.75, 3.05) is 46.2 Å². The number of hydrogen-bond acceptors (Lipinski definition) is 5. The van der Waals surface area contributed by atoms with Crippen LogP contribution in [0, 0.1) is 0 Å². The molecule has 2 N–H and O–H groups in total. The van der Waals surface area contributed by atoms with Gasteiger partial charge in [0.15, 0.2) is 17.5 Å². The number of guanidine groups is 1. The molecule has 0 bridgehead atoms. The highest BCUT2D eigenvalue weighted by atomic mass is 32.2. The van der Waals surface area contributed by atoms with Crippen LogP contribution in [0.2, 0.25) is 0 Å². The number of aryl methyl sites for hydroxylation is 1. The van der Waals surface area contributed by atoms with Crippen molar-refractivity contribution in [3.8, 4) is 11.5 Å². The highest BCUT2D eigenvalue weighted by Crippen LogP contribution is 2.28. The molecule has 0 aliphatic carbocycles. The van der Waals surface area contributed by atoms with Crippen LogP contribution in [0.1, 0.15) is 38.7 Å². The molecule has 0 saturated carbocycles. The zero-order chi connectivity index (χ0) is 22.0. The SMILES string of the molecule is CCOc1cc(CCCNC(=NC)NC2CCN(S(=O)(=O)CC)CC2)ccc1OC. The lowest BCUT2D eigenvalue weighted by molar-refractivity contribution is 0.306. The summed E-state index contributed by atoms with van der Waals surface area (Å²) in [6, 6.07) is 6.27. The molecule has 8 nitrogen and oxygen atoms in total. The molecule has 9 heteroatoms. The van der Waals surface area contributed by atoms with Crippen LogP contribution < -0.4 is 20.1 Å². The lowest BCUT2D eigenvalue weighted by Gasteiger charge is -2.32. The first-order valence-corrected chi connectivity index (χ1v) is 12.3. The summed E-state index contributed by atoms with van der Waals surface area (Å²) in [4.78, 5) is 4.30. The van der Waals surface area contributed by atoms with Crippen molar-refractivity contribution in [1.82, 2.24) is 14.9 Å². The summed E-state index contributed by atoms with van der Waals surface area (Å²) in [5.41, 5.74) is 1.20. The Morgan fingerprint density at radius 1 is 1.23 bits per heavy atom. The fourth-order valence-corrected chi connectivity index (χ4v) is 4.63. The quantitative estimate of drug-likeness (QED) is 0.328. The van der Waals surface area contributed by atoms with Gasteiger partial charge in [-0.05, 0) is 57.2 Å². The fraction of sp³-hybridized carbons (Fsp3) is 0.667. The van der Waals surface area contributed by atoms with E-state index in [9.17, 15) is 8.42 Å². The molecule has 1 saturated heterocycles. The first-order valence-electron chi connectivity index (χ1n) is 10.7. The van der Waals surface area contributed by atoms with E-state index < -0.39 is 10.0 Å². The molecular formula is C21H36N4O4S. The molecule has 1 aromatic rings. The van der Waals surface area contributed by atoms with Crippen molar-refractivity contribution in [2.24, 2.45) is 4.99 Å². The Hall–Kier alpha value is -2.00. The molecule has 30 heavy (non-hydrogen) atoms. The van der Waals surface area contributed by atoms with Crippen molar-refractivity contribution >= 4 is 16.0 Å². The van der Waals surface area contributed by atoms with Gasteiger partial charge < -0.3 is 20.1 Å². The van der Waals surface area contributed by atoms with E-state index >= 15 is 0 Å². The number of rotatable bonds is 10. The van der Waals surface area contributed by atoms with Gasteiger partial charge in [0.25, 0.3) is 0 Å². The van der Waals surface area contributed by atoms with E-state index in [0.717, 1.165) is 49.7 Å². The third-order valence-electron chi connectivity index (χ3n) is 5.24. The molecule has 0 unspecified atom stereocenters. The number of ether oxygens (including phenoxy) is 2. The Morgan fingerprint density at radius 2 is 1.97 bits per heavy atom. The molecule has 1 aliphatic heterocycles. The highest BCUT2D eigenvalue weighted by Gasteiger charge is 2.26. The van der Waals surface area contributed by atoms with Crippen LogP contribution in [0.4, 0.5) is 0 Å². The summed E-state index contributed by atoms with van der Waals surface area (Å²) in [6.45, 7) is 6.16. The molecule has 1 heterocycles. The maximum Gasteiger partial charge on any atom is 0.213 e. The van der Waals surface area contributed by atoms with Gasteiger partial charge in [0.2, 0.25) is 10.0 Å². The van der Waals surface area contributed by atoms with E-state index in [2.05, 4.69) is 21.7 Å². The average Bonchev–Trinajstić information content (AvgIpc) is 2.76. The second kappa shape index (κ2) is 12.0. The molecule has 2 rings (SSSR count). The van der Waals surface area contributed by atoms with E-state index in [4.69, 9.17) is 9.47 Å². The first-order chi connectivity index (χ1) is 14.4. The zero-order valence-electron chi connectivity index (χ0n) is 18.6. The largest absolute Gasteiger partial charge is 0.493 e. The number of nitrogens with one attached hydrogen (secondary N) is 2. The molecule has 1 aliphatic rings. The summed E-state index contributed by atoms with van der Waals surface area (Å²) in [7, 11) is 0.308. The Morgan fingerprint density at radius 3 is 2.57 bits per heavy atom. The first kappa shape index (κ1) is 24.3. The van der Waals surface area contributed by atoms with Crippen LogP contribution in [0.15, 0.2) is 23.2 Å². The molecular weight excluding hydrogens is 404 g/mol. The van der Waals surface area contributed by atoms with Gasteiger partial charge in [-0.25, -0.2) is 12.7 Å². The third kappa shape index (κ3) is 7.05. The molecule has 1 fully saturated rings. The van der Waals surface area contributed by atoms with Gasteiger partial charge in [-0.1, -0.05) is 6.07 Å². The number of benzene rings is 1. The van der Waals surface area contributed by atoms with Crippen LogP contribution in [0.3, 0.4) is 0 Å². The van der Waals surface area contributed by atoms with E-state index in [1.165, 1.54) is 5.56 Å². The van der Waals surface area contributed by atoms with Gasteiger partial charge in [-0.15, -0.1) is 0 Å². The number of aliphatic imine (C=N–C) groups is 1. The normalized spacial score (nSPS) is 16.3. The van der Waals surface area contributed by atoms with Crippen molar-refractivity contribution in [2.45, 2.75) is 45.6 Å². The average molecular weight is 441 g/mol. The van der Waals surface area contributed by atoms with E-state index in [1.807, 2.05) is 19.1 Å². The zero-order valence-corrected chi connectivity index (χ0v) is 19.4. The minimum Gasteiger partial charge on any atom is -0.493 e. The lowest BCUT2D eigenvalue weighted by atomic mass is 10.1. The maximum atomic E-state index is 12.0. The van der Waals surface area contributed by atoms with Crippen LogP contribution in [0.25, 0.3) is 0 Å². The summed E-state index contributed by atoms with van der Waals surface area (Å²) >= 11 is 0. The Bertz CT molecular complexity index is 790. The minimum atomic E-state index is -3.09. The minimum absolute atomic E-state index is 0.161. The van der Waals surface area contributed by atoms with Crippen molar-refractivity contribution in [3.63, 3.8) is 0 Å². The van der Waals surface area contributed by atoms with Gasteiger partial charge in [-0.2, -0.15) is 0 Å². The van der Waals surface area contributed by atoms with Crippen LogP contribution >= 0.6 is 0 Å². The molecule has 1 aromatic carbocycles. The summed E-state index contributed by atoms with van der Waals surface area (Å²) in [5, 5.41) is 6.77. The topological polar surface area (TPSA) is 92.3 Å². The molecule has 0 amide bonds. The number of piperidine rings is 1. The number of nitrogens with zero attached hydrogens (tertiary/aromatic N) is 2. The van der Waals surface area contributed by atoms with E-state index in [1.54, 1.807) is 25.4 Å². The highest BCUT2D eigenvalue weighted by molar-refractivity contribution is 7.89. The van der Waals surface area contributed by atoms with E-state index in [0.29, 0.717) is 19.7 Å². The Balaban J connectivity index is 1.75. The molecule has 0 aromatic heterocycles. The van der Waals surface area contributed by atoms with Gasteiger partial charge in [0.1, 0.15) is 0 Å². The summed E-state index contributed by atoms with van der Waals surface area (Å²) < 4.78 is 36.5. The van der Waals surface area contributed by atoms with Gasteiger partial charge >= 0.3 is 0 Å². The van der Waals surface area contributed by atoms with Gasteiger partial charge in [-0.3, -0.25) is 4.99 Å². The summed E-state index contributed by atoms with van der Waals surface area (Å²) in [5.74, 6) is 2.45. The second-order valence-electron chi connectivity index (χ2n) is 7.24. The maximum absolute atomic E-state index is 12.0. The van der Waals surface area contributed by atoms with Crippen molar-refractivity contribution in [3.05, 3.63) is 23.8 Å². The number of sulfonamides is 1. The van der Waals surface area contributed by atoms with Gasteiger partial charge in [0, 0.05) is 32.7 Å². The predicted molar refractivity (Wildman–Crippen MR) is 121 cm³/mol. The summed E-state index contributed by atoms with van der Waals surface area (Å²) in [6.07, 6.45) is 3.44. The lowest BCUT2D eigenvalue weighted by Crippen LogP contribution is -2.50.